The molecule has 3 N–H and O–H groups in total. The summed E-state index contributed by atoms with van der Waals surface area (Å²) in [7, 11) is 0. The molecule has 20 heavy (non-hydrogen) atoms. The Kier molecular flexibility index (Phi) is 4.65. The van der Waals surface area contributed by atoms with E-state index >= 15 is 0 Å². The van der Waals surface area contributed by atoms with E-state index in [0.717, 1.165) is 31.6 Å². The second kappa shape index (κ2) is 6.27. The highest BCUT2D eigenvalue weighted by Crippen LogP contribution is 2.19. The summed E-state index contributed by atoms with van der Waals surface area (Å²) in [6, 6.07) is 6.15. The topological polar surface area (TPSA) is 58.4 Å². The standard InChI is InChI=1S/C16H25N3O/c1-11(2)19-8-7-13(10-19)9-18-16(20)15-12(3)5-4-6-14(15)17/h4-6,11,13H,7-10,17H2,1-3H3,(H,18,20). The zero-order valence-electron chi connectivity index (χ0n) is 12.6. The molecule has 0 spiro atoms. The van der Waals surface area contributed by atoms with Crippen LogP contribution in [0.25, 0.3) is 0 Å². The van der Waals surface area contributed by atoms with Crippen molar-refractivity contribution in [3.63, 3.8) is 0 Å². The van der Waals surface area contributed by atoms with Gasteiger partial charge in [-0.05, 0) is 51.3 Å². The Hall–Kier alpha value is -1.55. The molecule has 1 unspecified atom stereocenters. The smallest absolute Gasteiger partial charge is 0.253 e. The molecule has 4 nitrogen and oxygen atoms in total. The molecule has 1 aromatic rings. The van der Waals surface area contributed by atoms with Gasteiger partial charge in [-0.2, -0.15) is 0 Å². The maximum atomic E-state index is 12.3. The van der Waals surface area contributed by atoms with E-state index in [1.807, 2.05) is 19.1 Å². The van der Waals surface area contributed by atoms with Crippen LogP contribution in [0.4, 0.5) is 5.69 Å². The average molecular weight is 275 g/mol. The molecule has 0 aromatic heterocycles. The molecule has 1 heterocycles. The largest absolute Gasteiger partial charge is 0.398 e. The number of rotatable bonds is 4. The highest BCUT2D eigenvalue weighted by atomic mass is 16.1. The number of carbonyl (C=O) groups excluding carboxylic acids is 1. The number of amides is 1. The van der Waals surface area contributed by atoms with E-state index < -0.39 is 0 Å². The fraction of sp³-hybridized carbons (Fsp3) is 0.562. The van der Waals surface area contributed by atoms with E-state index in [4.69, 9.17) is 5.73 Å². The minimum atomic E-state index is -0.0522. The Balaban J connectivity index is 1.90. The van der Waals surface area contributed by atoms with Gasteiger partial charge >= 0.3 is 0 Å². The molecular formula is C16H25N3O. The van der Waals surface area contributed by atoms with Crippen molar-refractivity contribution in [3.8, 4) is 0 Å². The molecule has 1 saturated heterocycles. The van der Waals surface area contributed by atoms with Gasteiger partial charge in [0.2, 0.25) is 0 Å². The Bertz CT molecular complexity index is 464. The van der Waals surface area contributed by atoms with Gasteiger partial charge in [-0.15, -0.1) is 0 Å². The lowest BCUT2D eigenvalue weighted by atomic mass is 10.1. The summed E-state index contributed by atoms with van der Waals surface area (Å²) in [6.07, 6.45) is 1.15. The van der Waals surface area contributed by atoms with Gasteiger partial charge in [0.15, 0.2) is 0 Å². The highest BCUT2D eigenvalue weighted by Gasteiger charge is 2.24. The fourth-order valence-electron chi connectivity index (χ4n) is 2.82. The number of hydrogen-bond donors (Lipinski definition) is 2. The van der Waals surface area contributed by atoms with E-state index in [1.165, 1.54) is 0 Å². The number of nitrogen functional groups attached to an aromatic ring is 1. The van der Waals surface area contributed by atoms with Gasteiger partial charge in [0, 0.05) is 24.8 Å². The summed E-state index contributed by atoms with van der Waals surface area (Å²) in [6.45, 7) is 9.28. The van der Waals surface area contributed by atoms with E-state index in [1.54, 1.807) is 6.07 Å². The number of benzene rings is 1. The van der Waals surface area contributed by atoms with Crippen molar-refractivity contribution in [2.24, 2.45) is 5.92 Å². The van der Waals surface area contributed by atoms with Gasteiger partial charge in [-0.3, -0.25) is 4.79 Å². The van der Waals surface area contributed by atoms with Gasteiger partial charge in [-0.1, -0.05) is 12.1 Å². The zero-order chi connectivity index (χ0) is 14.7. The van der Waals surface area contributed by atoms with E-state index in [0.29, 0.717) is 23.2 Å². The third-order valence-corrected chi connectivity index (χ3v) is 4.13. The third kappa shape index (κ3) is 3.31. The molecule has 4 heteroatoms. The molecule has 0 saturated carbocycles. The first-order valence-corrected chi connectivity index (χ1v) is 7.36. The van der Waals surface area contributed by atoms with Gasteiger partial charge in [-0.25, -0.2) is 0 Å². The Morgan fingerprint density at radius 1 is 1.50 bits per heavy atom. The van der Waals surface area contributed by atoms with Crippen LogP contribution in [0.5, 0.6) is 0 Å². The van der Waals surface area contributed by atoms with Gasteiger partial charge in [0.25, 0.3) is 5.91 Å². The molecule has 2 rings (SSSR count). The first-order valence-electron chi connectivity index (χ1n) is 7.36. The number of nitrogens with two attached hydrogens (primary N) is 1. The van der Waals surface area contributed by atoms with Crippen LogP contribution < -0.4 is 11.1 Å². The summed E-state index contributed by atoms with van der Waals surface area (Å²) in [5, 5.41) is 3.04. The van der Waals surface area contributed by atoms with Crippen molar-refractivity contribution in [2.75, 3.05) is 25.4 Å². The van der Waals surface area contributed by atoms with Crippen molar-refractivity contribution in [2.45, 2.75) is 33.2 Å². The molecule has 1 fully saturated rings. The number of nitrogens with zero attached hydrogens (tertiary/aromatic N) is 1. The van der Waals surface area contributed by atoms with Crippen LogP contribution in [0.1, 0.15) is 36.2 Å². The lowest BCUT2D eigenvalue weighted by Gasteiger charge is -2.20. The number of carbonyl (C=O) groups is 1. The van der Waals surface area contributed by atoms with Crippen LogP contribution in [0, 0.1) is 12.8 Å². The monoisotopic (exact) mass is 275 g/mol. The quantitative estimate of drug-likeness (QED) is 0.827. The summed E-state index contributed by atoms with van der Waals surface area (Å²) in [4.78, 5) is 14.7. The molecule has 0 radical (unpaired) electrons. The lowest BCUT2D eigenvalue weighted by molar-refractivity contribution is 0.0947. The fourth-order valence-corrected chi connectivity index (χ4v) is 2.82. The van der Waals surface area contributed by atoms with Gasteiger partial charge in [0.1, 0.15) is 0 Å². The molecule has 1 aromatic carbocycles. The Morgan fingerprint density at radius 3 is 2.85 bits per heavy atom. The molecule has 1 aliphatic rings. The van der Waals surface area contributed by atoms with E-state index in [9.17, 15) is 4.79 Å². The molecule has 1 aliphatic heterocycles. The summed E-state index contributed by atoms with van der Waals surface area (Å²) in [5.74, 6) is 0.496. The van der Waals surface area contributed by atoms with Crippen molar-refractivity contribution in [3.05, 3.63) is 29.3 Å². The Morgan fingerprint density at radius 2 is 2.25 bits per heavy atom. The van der Waals surface area contributed by atoms with Crippen molar-refractivity contribution in [1.82, 2.24) is 10.2 Å². The molecule has 1 amide bonds. The third-order valence-electron chi connectivity index (χ3n) is 4.13. The van der Waals surface area contributed by atoms with Crippen LogP contribution in [-0.2, 0) is 0 Å². The highest BCUT2D eigenvalue weighted by molar-refractivity contribution is 6.00. The minimum Gasteiger partial charge on any atom is -0.398 e. The van der Waals surface area contributed by atoms with Crippen molar-refractivity contribution >= 4 is 11.6 Å². The SMILES string of the molecule is Cc1cccc(N)c1C(=O)NCC1CCN(C(C)C)C1. The van der Waals surface area contributed by atoms with E-state index in [2.05, 4.69) is 24.1 Å². The van der Waals surface area contributed by atoms with E-state index in [-0.39, 0.29) is 5.91 Å². The molecule has 0 aliphatic carbocycles. The average Bonchev–Trinajstić information content (AvgIpc) is 2.85. The summed E-state index contributed by atoms with van der Waals surface area (Å²) >= 11 is 0. The molecule has 1 atom stereocenters. The van der Waals surface area contributed by atoms with Crippen LogP contribution >= 0.6 is 0 Å². The zero-order valence-corrected chi connectivity index (χ0v) is 12.6. The maximum absolute atomic E-state index is 12.3. The van der Waals surface area contributed by atoms with Crippen LogP contribution in [-0.4, -0.2) is 36.5 Å². The maximum Gasteiger partial charge on any atom is 0.253 e. The number of aryl methyl sites for hydroxylation is 1. The predicted octanol–water partition coefficient (Wildman–Crippen LogP) is 2.04. The second-order valence-corrected chi connectivity index (χ2v) is 5.99. The molecular weight excluding hydrogens is 250 g/mol. The predicted molar refractivity (Wildman–Crippen MR) is 82.7 cm³/mol. The van der Waals surface area contributed by atoms with Crippen LogP contribution in [0.2, 0.25) is 0 Å². The molecule has 110 valence electrons. The first kappa shape index (κ1) is 14.9. The van der Waals surface area contributed by atoms with Gasteiger partial charge < -0.3 is 16.0 Å². The normalized spacial score (nSPS) is 19.5. The van der Waals surface area contributed by atoms with Crippen LogP contribution in [0.3, 0.4) is 0 Å². The van der Waals surface area contributed by atoms with Crippen LogP contribution in [0.15, 0.2) is 18.2 Å². The number of likely N-dealkylation sites (tertiary alicyclic amines) is 1. The number of anilines is 1. The Labute approximate surface area is 121 Å². The summed E-state index contributed by atoms with van der Waals surface area (Å²) in [5.41, 5.74) is 8.00. The minimum absolute atomic E-state index is 0.0522. The van der Waals surface area contributed by atoms with Crippen molar-refractivity contribution in [1.29, 1.82) is 0 Å². The molecule has 0 bridgehead atoms. The second-order valence-electron chi connectivity index (χ2n) is 5.99. The summed E-state index contributed by atoms with van der Waals surface area (Å²) < 4.78 is 0. The lowest BCUT2D eigenvalue weighted by Crippen LogP contribution is -2.33. The van der Waals surface area contributed by atoms with Crippen molar-refractivity contribution < 1.29 is 4.79 Å². The first-order chi connectivity index (χ1) is 9.49. The number of nitrogens with one attached hydrogen (secondary N) is 1. The van der Waals surface area contributed by atoms with Gasteiger partial charge in [0.05, 0.1) is 5.56 Å². The number of hydrogen-bond acceptors (Lipinski definition) is 3.